The summed E-state index contributed by atoms with van der Waals surface area (Å²) in [6.07, 6.45) is -75.7. The minimum absolute atomic E-state index is 0.398. The third-order valence-corrected chi connectivity index (χ3v) is 20.4. The summed E-state index contributed by atoms with van der Waals surface area (Å²) >= 11 is 0. The number of aliphatic hydroxyl groups is 19. The van der Waals surface area contributed by atoms with Crippen LogP contribution in [0, 0.1) is 13.8 Å². The molecule has 0 radical (unpaired) electrons. The second kappa shape index (κ2) is 31.9. The van der Waals surface area contributed by atoms with Crippen molar-refractivity contribution in [2.75, 3.05) is 46.2 Å². The molecule has 35 atom stereocenters. The van der Waals surface area contributed by atoms with Gasteiger partial charge in [0, 0.05) is 0 Å². The maximum atomic E-state index is 13.6. The summed E-state index contributed by atoms with van der Waals surface area (Å²) in [5.74, 6) is 0. The smallest absolute Gasteiger partial charge is 0.297 e. The first-order valence-electron chi connectivity index (χ1n) is 30.6. The monoisotopic (exact) mass is 1440 g/mol. The van der Waals surface area contributed by atoms with Gasteiger partial charge < -0.3 is 163 Å². The van der Waals surface area contributed by atoms with Crippen LogP contribution in [0.4, 0.5) is 0 Å². The van der Waals surface area contributed by atoms with Gasteiger partial charge in [0.15, 0.2) is 44.0 Å². The Morgan fingerprint density at radius 2 is 0.433 bits per heavy atom. The van der Waals surface area contributed by atoms with Gasteiger partial charge in [-0.05, 0) is 38.1 Å². The van der Waals surface area contributed by atoms with Crippen molar-refractivity contribution in [2.24, 2.45) is 0 Å². The van der Waals surface area contributed by atoms with E-state index in [1.165, 1.54) is 48.5 Å². The minimum atomic E-state index is -4.76. The fourth-order valence-electron chi connectivity index (χ4n) is 12.2. The van der Waals surface area contributed by atoms with Crippen molar-refractivity contribution in [3.8, 4) is 0 Å². The van der Waals surface area contributed by atoms with Crippen LogP contribution in [0.25, 0.3) is 0 Å². The average Bonchev–Trinajstić information content (AvgIpc) is 0.783. The predicted molar refractivity (Wildman–Crippen MR) is 303 cm³/mol. The molecule has 21 heterocycles. The Morgan fingerprint density at radius 3 is 0.608 bits per heavy atom. The molecule has 14 bridgehead atoms. The van der Waals surface area contributed by atoms with Crippen molar-refractivity contribution in [2.45, 2.75) is 239 Å². The lowest BCUT2D eigenvalue weighted by atomic mass is 9.95. The molecule has 2 aromatic rings. The molecule has 19 N–H and O–H groups in total. The van der Waals surface area contributed by atoms with E-state index in [2.05, 4.69) is 0 Å². The largest absolute Gasteiger partial charge is 0.394 e. The van der Waals surface area contributed by atoms with Gasteiger partial charge in [0.25, 0.3) is 20.2 Å². The lowest BCUT2D eigenvalue weighted by Crippen LogP contribution is -2.68. The summed E-state index contributed by atoms with van der Waals surface area (Å²) in [4.78, 5) is -0.797. The Kier molecular flexibility index (Phi) is 25.2. The van der Waals surface area contributed by atoms with Crippen LogP contribution in [0.5, 0.6) is 0 Å². The number of aryl methyl sites for hydroxylation is 2. The van der Waals surface area contributed by atoms with Crippen molar-refractivity contribution in [3.63, 3.8) is 0 Å². The van der Waals surface area contributed by atoms with Crippen LogP contribution in [-0.2, 0) is 94.9 Å². The molecule has 39 nitrogen and oxygen atoms in total. The number of hydrogen-bond acceptors (Lipinski definition) is 39. The zero-order valence-corrected chi connectivity index (χ0v) is 52.9. The quantitative estimate of drug-likeness (QED) is 0.0828. The molecule has 2 aromatic carbocycles. The number of aliphatic hydroxyl groups excluding tert-OH is 19. The third-order valence-electron chi connectivity index (χ3n) is 17.8. The Labute approximate surface area is 551 Å². The zero-order valence-electron chi connectivity index (χ0n) is 51.3. The molecule has 0 amide bonds. The Balaban J connectivity index is 0.981. The summed E-state index contributed by atoms with van der Waals surface area (Å²) in [6, 6.07) is 10.4. The number of hydrogen-bond donors (Lipinski definition) is 19. The van der Waals surface area contributed by atoms with E-state index in [1.807, 2.05) is 0 Å². The van der Waals surface area contributed by atoms with E-state index in [4.69, 9.17) is 74.7 Å². The topological polar surface area (TPSA) is 600 Å². The van der Waals surface area contributed by atoms with Gasteiger partial charge in [-0.1, -0.05) is 35.4 Å². The van der Waals surface area contributed by atoms with E-state index in [9.17, 15) is 114 Å². The average molecular weight is 1440 g/mol. The minimum Gasteiger partial charge on any atom is -0.394 e. The van der Waals surface area contributed by atoms with E-state index in [0.29, 0.717) is 11.1 Å². The first-order chi connectivity index (χ1) is 45.9. The van der Waals surface area contributed by atoms with Crippen molar-refractivity contribution >= 4 is 20.2 Å². The zero-order chi connectivity index (χ0) is 70.4. The molecule has 97 heavy (non-hydrogen) atoms. The highest BCUT2D eigenvalue weighted by Gasteiger charge is 2.60. The number of ether oxygens (including phenoxy) is 14. The van der Waals surface area contributed by atoms with Gasteiger partial charge in [-0.15, -0.1) is 0 Å². The molecule has 21 aliphatic rings. The van der Waals surface area contributed by atoms with E-state index >= 15 is 0 Å². The molecule has 21 aliphatic heterocycles. The van der Waals surface area contributed by atoms with E-state index < -0.39 is 291 Å². The molecule has 0 aromatic heterocycles. The van der Waals surface area contributed by atoms with Crippen LogP contribution in [0.2, 0.25) is 0 Å². The van der Waals surface area contributed by atoms with Crippen LogP contribution in [0.3, 0.4) is 0 Å². The summed E-state index contributed by atoms with van der Waals surface area (Å²) in [7, 11) is -9.53. The lowest BCUT2D eigenvalue weighted by molar-refractivity contribution is -0.396. The predicted octanol–water partition coefficient (Wildman–Crippen LogP) is -11.8. The summed E-state index contributed by atoms with van der Waals surface area (Å²) in [5.41, 5.74) is 1.28. The number of benzene rings is 2. The molecule has 0 unspecified atom stereocenters. The molecule has 552 valence electrons. The highest BCUT2D eigenvalue weighted by Crippen LogP contribution is 2.40. The molecule has 0 saturated carbocycles. The normalized spacial score (nSPS) is 46.7. The summed E-state index contributed by atoms with van der Waals surface area (Å²) < 4.78 is 147. The van der Waals surface area contributed by atoms with Crippen molar-refractivity contribution < 1.29 is 189 Å². The molecular weight excluding hydrogens is 1360 g/mol. The first-order valence-corrected chi connectivity index (χ1v) is 33.4. The second-order valence-corrected chi connectivity index (χ2v) is 27.6. The van der Waals surface area contributed by atoms with Crippen LogP contribution < -0.4 is 0 Å². The maximum Gasteiger partial charge on any atom is 0.297 e. The van der Waals surface area contributed by atoms with Gasteiger partial charge in [0.2, 0.25) is 0 Å². The molecule has 0 spiro atoms. The Hall–Kier alpha value is -3.06. The third kappa shape index (κ3) is 16.0. The molecular formula is C56H82O39S2. The Bertz CT molecular complexity index is 2980. The van der Waals surface area contributed by atoms with Crippen LogP contribution >= 0.6 is 0 Å². The van der Waals surface area contributed by atoms with Gasteiger partial charge in [0.1, 0.15) is 171 Å². The fraction of sp³-hybridized carbons (Fsp3) is 0.786. The maximum absolute atomic E-state index is 13.6. The van der Waals surface area contributed by atoms with Gasteiger partial charge >= 0.3 is 0 Å². The second-order valence-electron chi connectivity index (χ2n) is 24.4. The highest BCUT2D eigenvalue weighted by atomic mass is 32.2. The van der Waals surface area contributed by atoms with E-state index in [0.717, 1.165) is 0 Å². The molecule has 21 fully saturated rings. The van der Waals surface area contributed by atoms with Crippen molar-refractivity contribution in [1.29, 1.82) is 0 Å². The fourth-order valence-corrected chi connectivity index (χ4v) is 14.1. The van der Waals surface area contributed by atoms with E-state index in [1.54, 1.807) is 13.8 Å². The Morgan fingerprint density at radius 1 is 0.268 bits per heavy atom. The standard InChI is InChI=1S/C56H82O39S2/c1-18-3-7-20(8-4-18)96(76,77)80-16-27-48-35(68)42(75)56(88-27)93-47-26(15-61)86-54(40(73)33(47)66)95-49-28(17-81-97(78,79)21-9-5-19(2)6-10-21)87-55(41(74)34(49)67)92-46-25(14-60)84-52(38(71)31(46)64)90-44-23(12-58)82-50(36(69)29(44)62)89-43-22(11-57)83-51(37(70)30(43)63)91-45-24(13-59)85-53(94-48)39(72)32(45)65/h3-10,22-75H,11-17H2,1-2H3/t22-,23-,24-,25-,26-,27-,28-,29-,30+,31-,32+,33-,34-,35+,36-,37+,38-,39+,40-,41-,42+,43-,44-,45-,46-,47-,48-,49-,50-,51-,52-,53-,54-,55-,56-/m1/s1. The van der Waals surface area contributed by atoms with Crippen LogP contribution in [0.1, 0.15) is 11.1 Å². The van der Waals surface area contributed by atoms with E-state index in [-0.39, 0.29) is 0 Å². The molecule has 0 aliphatic carbocycles. The number of rotatable bonds is 13. The van der Waals surface area contributed by atoms with Crippen LogP contribution in [-0.4, -0.2) is 375 Å². The van der Waals surface area contributed by atoms with Gasteiger partial charge in [-0.3, -0.25) is 8.37 Å². The highest BCUT2D eigenvalue weighted by molar-refractivity contribution is 7.87. The van der Waals surface area contributed by atoms with Gasteiger partial charge in [-0.2, -0.15) is 16.8 Å². The summed E-state index contributed by atoms with van der Waals surface area (Å²) in [5, 5.41) is 216. The lowest BCUT2D eigenvalue weighted by Gasteiger charge is -2.50. The van der Waals surface area contributed by atoms with Crippen LogP contribution in [0.15, 0.2) is 58.3 Å². The molecule has 23 rings (SSSR count). The molecule has 41 heteroatoms. The SMILES string of the molecule is Cc1ccc(S(=O)(=O)OC[C@H]2O[C@@H]3O[C@H]4[C@H](O)[C@@H](O)[C@@H](O[C@H]5[C@H](O)[C@@H](O)[C@@H](O[C@H]6[C@@H](O)[C@H](O)[C@@H](O[C@H]7[C@@H](O)[C@H](O)[C@@H](O[C@H]8[C@@H](O)[C@H](O)[C@@H](O[C@H]9[C@H](O)[C@@H](O)[C@@H](O[C@H]2[C@H](O)[C@H]3O)O[C@@H]9CO)O[C@@H]8COS(=O)(=O)c2ccc(C)cc2)O[C@@H]7CO)O[C@@H]6CO)O[C@@H]5CO)O[C@@H]4CO)cc1. The molecule has 21 saturated heterocycles. The van der Waals surface area contributed by atoms with Gasteiger partial charge in [-0.25, -0.2) is 0 Å². The van der Waals surface area contributed by atoms with Crippen molar-refractivity contribution in [1.82, 2.24) is 0 Å². The first kappa shape index (κ1) is 76.6. The van der Waals surface area contributed by atoms with Crippen molar-refractivity contribution in [3.05, 3.63) is 59.7 Å². The summed E-state index contributed by atoms with van der Waals surface area (Å²) in [6.45, 7) is -4.71. The van der Waals surface area contributed by atoms with Gasteiger partial charge in [0.05, 0.1) is 56.0 Å².